The van der Waals surface area contributed by atoms with Crippen molar-refractivity contribution in [3.05, 3.63) is 30.3 Å². The summed E-state index contributed by atoms with van der Waals surface area (Å²) in [5.41, 5.74) is 0. The molecule has 0 atom stereocenters. The average molecular weight is 335 g/mol. The maximum absolute atomic E-state index is 2.32. The summed E-state index contributed by atoms with van der Waals surface area (Å²) in [5.74, 6) is 0.914. The van der Waals surface area contributed by atoms with Gasteiger partial charge in [-0.2, -0.15) is 0 Å². The first-order valence-corrected chi connectivity index (χ1v) is 11.0. The molecule has 0 saturated carbocycles. The fraction of sp³-hybridized carbons (Fsp3) is 0.400. The van der Waals surface area contributed by atoms with E-state index in [1.54, 1.807) is 3.07 Å². The third kappa shape index (κ3) is 3.90. The topological polar surface area (TPSA) is 0 Å². The van der Waals surface area contributed by atoms with Crippen LogP contribution in [-0.2, 0) is 24.6 Å². The Kier molecular flexibility index (Phi) is 4.13. The molecular weight excluding hydrogens is 321 g/mol. The first-order chi connectivity index (χ1) is 5.29. The van der Waals surface area contributed by atoms with Crippen molar-refractivity contribution in [1.82, 2.24) is 0 Å². The molecule has 0 nitrogen and oxygen atoms in total. The summed E-state index contributed by atoms with van der Waals surface area (Å²) in [5, 5.41) is 0. The Bertz CT molecular complexity index is 191. The van der Waals surface area contributed by atoms with Crippen LogP contribution < -0.4 is 3.07 Å². The molecule has 0 fully saturated rings. The Labute approximate surface area is 81.4 Å². The van der Waals surface area contributed by atoms with Crippen LogP contribution in [0.3, 0.4) is 0 Å². The molecule has 0 aromatic heterocycles. The predicted molar refractivity (Wildman–Crippen MR) is 45.7 cm³/mol. The Morgan fingerprint density at radius 1 is 1.18 bits per heavy atom. The van der Waals surface area contributed by atoms with Crippen molar-refractivity contribution in [1.29, 1.82) is 0 Å². The average Bonchev–Trinajstić information content (AvgIpc) is 2.03. The van der Waals surface area contributed by atoms with Gasteiger partial charge in [0.05, 0.1) is 0 Å². The third-order valence-corrected chi connectivity index (χ3v) is 11.5. The molecule has 1 heteroatoms. The van der Waals surface area contributed by atoms with Gasteiger partial charge in [0.2, 0.25) is 0 Å². The molecule has 0 aliphatic rings. The van der Waals surface area contributed by atoms with E-state index in [9.17, 15) is 0 Å². The van der Waals surface area contributed by atoms with Gasteiger partial charge >= 0.3 is 81.7 Å². The van der Waals surface area contributed by atoms with Crippen molar-refractivity contribution in [2.75, 3.05) is 0 Å². The summed E-state index contributed by atoms with van der Waals surface area (Å²) in [7, 11) is 0. The summed E-state index contributed by atoms with van der Waals surface area (Å²) in [4.78, 5) is 0. The van der Waals surface area contributed by atoms with E-state index < -0.39 is 24.6 Å². The van der Waals surface area contributed by atoms with Crippen LogP contribution in [0.4, 0.5) is 0 Å². The number of hydrogen-bond donors (Lipinski definition) is 0. The van der Waals surface area contributed by atoms with E-state index in [1.165, 1.54) is 3.93 Å². The summed E-state index contributed by atoms with van der Waals surface area (Å²) >= 11 is -0.667. The molecule has 0 spiro atoms. The van der Waals surface area contributed by atoms with Gasteiger partial charge in [0.25, 0.3) is 0 Å². The van der Waals surface area contributed by atoms with E-state index in [4.69, 9.17) is 0 Å². The molecule has 0 aliphatic carbocycles. The maximum atomic E-state index is 2.32. The van der Waals surface area contributed by atoms with Gasteiger partial charge in [0, 0.05) is 0 Å². The van der Waals surface area contributed by atoms with Gasteiger partial charge in [-0.1, -0.05) is 0 Å². The fourth-order valence-corrected chi connectivity index (χ4v) is 6.99. The fourth-order valence-electron chi connectivity index (χ4n) is 1.10. The van der Waals surface area contributed by atoms with E-state index >= 15 is 0 Å². The summed E-state index contributed by atoms with van der Waals surface area (Å²) in [6, 6.07) is 11.0. The summed E-state index contributed by atoms with van der Waals surface area (Å²) in [6.07, 6.45) is 0. The molecule has 1 aromatic rings. The molecule has 0 N–H and O–H groups in total. The van der Waals surface area contributed by atoms with Crippen LogP contribution in [0, 0.1) is 5.92 Å². The third-order valence-electron chi connectivity index (χ3n) is 1.85. The Balaban J connectivity index is 2.39. The monoisotopic (exact) mass is 336 g/mol. The molecule has 1 aromatic carbocycles. The van der Waals surface area contributed by atoms with Crippen molar-refractivity contribution < 1.29 is 24.6 Å². The van der Waals surface area contributed by atoms with Crippen LogP contribution in [0.15, 0.2) is 30.3 Å². The summed E-state index contributed by atoms with van der Waals surface area (Å²) in [6.45, 7) is 4.64. The zero-order chi connectivity index (χ0) is 8.10. The second-order valence-corrected chi connectivity index (χ2v) is 10.8. The van der Waals surface area contributed by atoms with Gasteiger partial charge in [-0.25, -0.2) is 0 Å². The van der Waals surface area contributed by atoms with Crippen LogP contribution in [0.2, 0.25) is 3.93 Å². The van der Waals surface area contributed by atoms with E-state index in [2.05, 4.69) is 44.2 Å². The second-order valence-electron chi connectivity index (χ2n) is 3.42. The molecule has 0 heterocycles. The molecule has 0 unspecified atom stereocenters. The van der Waals surface area contributed by atoms with Gasteiger partial charge in [-0.3, -0.25) is 0 Å². The van der Waals surface area contributed by atoms with Crippen LogP contribution in [0.25, 0.3) is 0 Å². The number of rotatable bonds is 3. The SMILES string of the molecule is CC(C)[CH2][Hg][c]1ccccc1. The van der Waals surface area contributed by atoms with Crippen molar-refractivity contribution in [2.24, 2.45) is 5.92 Å². The first kappa shape index (κ1) is 9.24. The zero-order valence-corrected chi connectivity index (χ0v) is 12.9. The standard InChI is InChI=1S/C6H5.C4H9.Hg/c1-2-4-6-5-3-1;1-4(2)3;/h1-5H;4H,1H2,2-3H3;. The normalized spacial score (nSPS) is 9.73. The Morgan fingerprint density at radius 2 is 1.82 bits per heavy atom. The van der Waals surface area contributed by atoms with Crippen LogP contribution in [0.5, 0.6) is 0 Å². The molecule has 0 aliphatic heterocycles. The van der Waals surface area contributed by atoms with Crippen molar-refractivity contribution in [2.45, 2.75) is 17.8 Å². The number of hydrogen-bond acceptors (Lipinski definition) is 0. The van der Waals surface area contributed by atoms with E-state index in [-0.39, 0.29) is 0 Å². The van der Waals surface area contributed by atoms with E-state index in [0.29, 0.717) is 0 Å². The molecule has 11 heavy (non-hydrogen) atoms. The molecular formula is C10H14Hg. The molecule has 0 amide bonds. The second kappa shape index (κ2) is 4.92. The predicted octanol–water partition coefficient (Wildman–Crippen LogP) is 2.47. The van der Waals surface area contributed by atoms with Crippen molar-refractivity contribution in [3.63, 3.8) is 0 Å². The molecule has 1 rings (SSSR count). The van der Waals surface area contributed by atoms with Gasteiger partial charge in [-0.05, 0) is 0 Å². The van der Waals surface area contributed by atoms with Crippen molar-refractivity contribution >= 4 is 3.07 Å². The van der Waals surface area contributed by atoms with E-state index in [0.717, 1.165) is 5.92 Å². The first-order valence-electron chi connectivity index (χ1n) is 4.33. The quantitative estimate of drug-likeness (QED) is 0.745. The molecule has 0 saturated heterocycles. The minimum absolute atomic E-state index is 0.667. The Morgan fingerprint density at radius 3 is 2.36 bits per heavy atom. The van der Waals surface area contributed by atoms with Crippen LogP contribution in [-0.4, -0.2) is 0 Å². The Hall–Kier alpha value is 0.155. The molecule has 0 radical (unpaired) electrons. The van der Waals surface area contributed by atoms with Crippen LogP contribution >= 0.6 is 0 Å². The van der Waals surface area contributed by atoms with Crippen molar-refractivity contribution in [3.8, 4) is 0 Å². The molecule has 0 bridgehead atoms. The van der Waals surface area contributed by atoms with Gasteiger partial charge in [0.15, 0.2) is 0 Å². The van der Waals surface area contributed by atoms with Gasteiger partial charge in [-0.15, -0.1) is 0 Å². The van der Waals surface area contributed by atoms with E-state index in [1.807, 2.05) is 0 Å². The summed E-state index contributed by atoms with van der Waals surface area (Å²) < 4.78 is 3.20. The van der Waals surface area contributed by atoms with Gasteiger partial charge < -0.3 is 0 Å². The minimum atomic E-state index is -0.667. The molecule has 56 valence electrons. The van der Waals surface area contributed by atoms with Crippen LogP contribution in [0.1, 0.15) is 13.8 Å². The number of benzene rings is 1. The van der Waals surface area contributed by atoms with Gasteiger partial charge in [0.1, 0.15) is 0 Å². The zero-order valence-electron chi connectivity index (χ0n) is 7.38.